The van der Waals surface area contributed by atoms with Gasteiger partial charge in [0.1, 0.15) is 0 Å². The molecule has 0 bridgehead atoms. The lowest BCUT2D eigenvalue weighted by atomic mass is 9.65. The van der Waals surface area contributed by atoms with Crippen molar-refractivity contribution in [3.8, 4) is 0 Å². The molecule has 0 amide bonds. The fraction of sp³-hybridized carbons (Fsp3) is 0.944. The SMILES string of the molecule is CCCN1CCC(CNC(=NC)N2CC(C)(C)C2(C)C)CC1. The molecule has 2 aliphatic rings. The summed E-state index contributed by atoms with van der Waals surface area (Å²) in [5, 5.41) is 3.64. The van der Waals surface area contributed by atoms with E-state index in [9.17, 15) is 0 Å². The van der Waals surface area contributed by atoms with Gasteiger partial charge in [-0.15, -0.1) is 0 Å². The van der Waals surface area contributed by atoms with E-state index in [-0.39, 0.29) is 5.54 Å². The maximum Gasteiger partial charge on any atom is 0.194 e. The van der Waals surface area contributed by atoms with Gasteiger partial charge in [-0.2, -0.15) is 0 Å². The van der Waals surface area contributed by atoms with Gasteiger partial charge in [0.25, 0.3) is 0 Å². The van der Waals surface area contributed by atoms with Crippen LogP contribution in [0.2, 0.25) is 0 Å². The Kier molecular flexibility index (Phi) is 5.41. The van der Waals surface area contributed by atoms with Crippen LogP contribution in [0, 0.1) is 11.3 Å². The second-order valence-corrected chi connectivity index (χ2v) is 8.24. The number of rotatable bonds is 4. The van der Waals surface area contributed by atoms with Gasteiger partial charge in [-0.3, -0.25) is 4.99 Å². The summed E-state index contributed by atoms with van der Waals surface area (Å²) in [5.74, 6) is 1.88. The average molecular weight is 309 g/mol. The van der Waals surface area contributed by atoms with Crippen molar-refractivity contribution in [2.45, 2.75) is 59.4 Å². The highest BCUT2D eigenvalue weighted by molar-refractivity contribution is 5.82. The highest BCUT2D eigenvalue weighted by atomic mass is 15.4. The molecule has 0 radical (unpaired) electrons. The molecule has 0 aliphatic carbocycles. The minimum Gasteiger partial charge on any atom is -0.356 e. The molecule has 0 aromatic rings. The zero-order chi connectivity index (χ0) is 16.4. The lowest BCUT2D eigenvalue weighted by Crippen LogP contribution is -2.72. The molecule has 2 saturated heterocycles. The lowest BCUT2D eigenvalue weighted by molar-refractivity contribution is -0.0668. The van der Waals surface area contributed by atoms with Crippen molar-refractivity contribution in [2.24, 2.45) is 16.3 Å². The molecule has 4 nitrogen and oxygen atoms in total. The molecule has 2 rings (SSSR count). The Hall–Kier alpha value is -0.770. The molecule has 0 spiro atoms. The molecule has 0 atom stereocenters. The monoisotopic (exact) mass is 308 g/mol. The van der Waals surface area contributed by atoms with Crippen LogP contribution >= 0.6 is 0 Å². The van der Waals surface area contributed by atoms with E-state index in [1.54, 1.807) is 0 Å². The van der Waals surface area contributed by atoms with Gasteiger partial charge in [0.15, 0.2) is 5.96 Å². The second-order valence-electron chi connectivity index (χ2n) is 8.24. The number of piperidine rings is 1. The predicted molar refractivity (Wildman–Crippen MR) is 95.4 cm³/mol. The largest absolute Gasteiger partial charge is 0.356 e. The van der Waals surface area contributed by atoms with Crippen molar-refractivity contribution in [3.63, 3.8) is 0 Å². The Morgan fingerprint density at radius 1 is 1.18 bits per heavy atom. The molecule has 0 saturated carbocycles. The Morgan fingerprint density at radius 3 is 2.27 bits per heavy atom. The normalized spacial score (nSPS) is 25.9. The first kappa shape index (κ1) is 17.6. The molecular weight excluding hydrogens is 272 g/mol. The Morgan fingerprint density at radius 2 is 1.82 bits per heavy atom. The number of aliphatic imine (C=N–C) groups is 1. The van der Waals surface area contributed by atoms with Crippen LogP contribution in [0.15, 0.2) is 4.99 Å². The third-order valence-corrected chi connectivity index (χ3v) is 6.15. The molecule has 0 aromatic carbocycles. The first-order valence-electron chi connectivity index (χ1n) is 9.02. The van der Waals surface area contributed by atoms with Gasteiger partial charge in [-0.25, -0.2) is 0 Å². The number of nitrogens with one attached hydrogen (secondary N) is 1. The summed E-state index contributed by atoms with van der Waals surface area (Å²) in [6, 6.07) is 0. The van der Waals surface area contributed by atoms with Gasteiger partial charge in [0.2, 0.25) is 0 Å². The highest BCUT2D eigenvalue weighted by Gasteiger charge is 2.53. The molecule has 128 valence electrons. The van der Waals surface area contributed by atoms with Crippen LogP contribution in [0.5, 0.6) is 0 Å². The van der Waals surface area contributed by atoms with Crippen LogP contribution in [0.3, 0.4) is 0 Å². The maximum absolute atomic E-state index is 4.52. The van der Waals surface area contributed by atoms with E-state index < -0.39 is 0 Å². The lowest BCUT2D eigenvalue weighted by Gasteiger charge is -2.62. The van der Waals surface area contributed by atoms with Crippen LogP contribution in [-0.2, 0) is 0 Å². The van der Waals surface area contributed by atoms with Crippen molar-refractivity contribution >= 4 is 5.96 Å². The van der Waals surface area contributed by atoms with E-state index >= 15 is 0 Å². The van der Waals surface area contributed by atoms with Crippen molar-refractivity contribution in [3.05, 3.63) is 0 Å². The summed E-state index contributed by atoms with van der Waals surface area (Å²) in [6.45, 7) is 17.6. The van der Waals surface area contributed by atoms with E-state index in [1.165, 1.54) is 38.9 Å². The van der Waals surface area contributed by atoms with Crippen LogP contribution in [-0.4, -0.2) is 61.1 Å². The number of guanidine groups is 1. The van der Waals surface area contributed by atoms with Crippen LogP contribution in [0.25, 0.3) is 0 Å². The fourth-order valence-corrected chi connectivity index (χ4v) is 3.66. The molecule has 4 heteroatoms. The smallest absolute Gasteiger partial charge is 0.194 e. The summed E-state index contributed by atoms with van der Waals surface area (Å²) in [5.41, 5.74) is 0.537. The van der Waals surface area contributed by atoms with Gasteiger partial charge in [0, 0.05) is 31.1 Å². The molecular formula is C18H36N4. The molecule has 2 aliphatic heterocycles. The maximum atomic E-state index is 4.52. The minimum absolute atomic E-state index is 0.180. The van der Waals surface area contributed by atoms with Crippen LogP contribution < -0.4 is 5.32 Å². The highest BCUT2D eigenvalue weighted by Crippen LogP contribution is 2.46. The molecule has 2 fully saturated rings. The Balaban J connectivity index is 1.79. The first-order chi connectivity index (χ1) is 10.3. The van der Waals surface area contributed by atoms with E-state index in [2.05, 4.69) is 54.7 Å². The Bertz CT molecular complexity index is 392. The van der Waals surface area contributed by atoms with Gasteiger partial charge in [0.05, 0.1) is 0 Å². The van der Waals surface area contributed by atoms with Crippen molar-refractivity contribution in [1.82, 2.24) is 15.1 Å². The van der Waals surface area contributed by atoms with E-state index in [1.807, 2.05) is 7.05 Å². The first-order valence-corrected chi connectivity index (χ1v) is 9.02. The van der Waals surface area contributed by atoms with Gasteiger partial charge >= 0.3 is 0 Å². The van der Waals surface area contributed by atoms with Gasteiger partial charge in [-0.05, 0) is 58.7 Å². The fourth-order valence-electron chi connectivity index (χ4n) is 3.66. The predicted octanol–water partition coefficient (Wildman–Crippen LogP) is 2.80. The molecule has 0 unspecified atom stereocenters. The number of hydrogen-bond acceptors (Lipinski definition) is 2. The quantitative estimate of drug-likeness (QED) is 0.640. The standard InChI is InChI=1S/C18H36N4/c1-7-10-21-11-8-15(9-12-21)13-20-16(19-6)22-14-17(2,3)18(22,4)5/h15H,7-14H2,1-6H3,(H,19,20). The minimum atomic E-state index is 0.180. The van der Waals surface area contributed by atoms with E-state index in [4.69, 9.17) is 0 Å². The molecule has 1 N–H and O–H groups in total. The summed E-state index contributed by atoms with van der Waals surface area (Å²) in [4.78, 5) is 9.55. The molecule has 22 heavy (non-hydrogen) atoms. The Labute approximate surface area is 137 Å². The van der Waals surface area contributed by atoms with Gasteiger partial charge in [-0.1, -0.05) is 20.8 Å². The van der Waals surface area contributed by atoms with Crippen molar-refractivity contribution in [1.29, 1.82) is 0 Å². The molecule has 2 heterocycles. The summed E-state index contributed by atoms with van der Waals surface area (Å²) < 4.78 is 0. The summed E-state index contributed by atoms with van der Waals surface area (Å²) in [7, 11) is 1.91. The number of hydrogen-bond donors (Lipinski definition) is 1. The van der Waals surface area contributed by atoms with E-state index in [0.29, 0.717) is 5.41 Å². The number of nitrogens with zero attached hydrogens (tertiary/aromatic N) is 3. The summed E-state index contributed by atoms with van der Waals surface area (Å²) >= 11 is 0. The topological polar surface area (TPSA) is 30.9 Å². The van der Waals surface area contributed by atoms with Crippen LogP contribution in [0.4, 0.5) is 0 Å². The third kappa shape index (κ3) is 3.42. The summed E-state index contributed by atoms with van der Waals surface area (Å²) in [6.07, 6.45) is 3.91. The van der Waals surface area contributed by atoms with Crippen LogP contribution in [0.1, 0.15) is 53.9 Å². The number of likely N-dealkylation sites (tertiary alicyclic amines) is 2. The van der Waals surface area contributed by atoms with Gasteiger partial charge < -0.3 is 15.1 Å². The average Bonchev–Trinajstić information content (AvgIpc) is 2.48. The third-order valence-electron chi connectivity index (χ3n) is 6.15. The second kappa shape index (κ2) is 6.77. The zero-order valence-electron chi connectivity index (χ0n) is 15.6. The van der Waals surface area contributed by atoms with E-state index in [0.717, 1.165) is 25.0 Å². The van der Waals surface area contributed by atoms with Crippen molar-refractivity contribution in [2.75, 3.05) is 39.8 Å². The molecule has 0 aromatic heterocycles. The van der Waals surface area contributed by atoms with Crippen molar-refractivity contribution < 1.29 is 0 Å². The zero-order valence-corrected chi connectivity index (χ0v) is 15.6.